The molecule has 318 valence electrons. The summed E-state index contributed by atoms with van der Waals surface area (Å²) in [5, 5.41) is 14.2. The summed E-state index contributed by atoms with van der Waals surface area (Å²) in [5.41, 5.74) is -3.44. The number of unbranched alkanes of at least 4 members (excludes halogenated alkanes) is 2. The molecule has 0 saturated carbocycles. The number of hydrogen-bond acceptors (Lipinski definition) is 20. The molecular weight excluding hydrogens is 1080 g/mol. The summed E-state index contributed by atoms with van der Waals surface area (Å²) in [6.45, 7) is 5.54. The molecule has 4 rings (SSSR count). The van der Waals surface area contributed by atoms with Crippen molar-refractivity contribution in [2.75, 3.05) is 29.5 Å². The Hall–Kier alpha value is 5.35. The van der Waals surface area contributed by atoms with Gasteiger partial charge in [0.1, 0.15) is 41.8 Å². The molecular formula is C31H35K5N2O18S6. The predicted molar refractivity (Wildman–Crippen MR) is 193 cm³/mol. The fourth-order valence-electron chi connectivity index (χ4n) is 7.15. The predicted octanol–water partition coefficient (Wildman–Crippen LogP) is -14.1. The summed E-state index contributed by atoms with van der Waals surface area (Å²) in [6.07, 6.45) is 3.67. The molecule has 2 aromatic rings. The monoisotopic (exact) mass is 1110 g/mol. The zero-order valence-electron chi connectivity index (χ0n) is 35.4. The van der Waals surface area contributed by atoms with E-state index in [2.05, 4.69) is 9.37 Å². The molecule has 2 aliphatic heterocycles. The number of fused-ring (bicyclic) bond motifs is 2. The van der Waals surface area contributed by atoms with Gasteiger partial charge in [0.15, 0.2) is 5.71 Å². The van der Waals surface area contributed by atoms with Crippen molar-refractivity contribution in [1.82, 2.24) is 0 Å². The summed E-state index contributed by atoms with van der Waals surface area (Å²) in [5.74, 6) is -1.55. The van der Waals surface area contributed by atoms with Crippen LogP contribution in [0.15, 0.2) is 67.8 Å². The van der Waals surface area contributed by atoms with Gasteiger partial charge in [0.2, 0.25) is 5.69 Å². The number of benzene rings is 2. The van der Waals surface area contributed by atoms with Gasteiger partial charge in [-0.2, -0.15) is 8.91 Å². The van der Waals surface area contributed by atoms with Crippen molar-refractivity contribution in [1.29, 1.82) is 0 Å². The Morgan fingerprint density at radius 3 is 1.61 bits per heavy atom. The van der Waals surface area contributed by atoms with Gasteiger partial charge in [-0.25, -0.2) is 42.1 Å². The molecule has 0 bridgehead atoms. The minimum Gasteiger partial charge on any atom is -0.748 e. The number of nitrogens with zero attached hydrogens (tertiary/aromatic N) is 2. The van der Waals surface area contributed by atoms with E-state index in [9.17, 15) is 70.1 Å². The minimum atomic E-state index is -5.35. The van der Waals surface area contributed by atoms with Crippen molar-refractivity contribution in [2.45, 2.75) is 83.8 Å². The van der Waals surface area contributed by atoms with Crippen LogP contribution in [0.5, 0.6) is 0 Å². The van der Waals surface area contributed by atoms with Gasteiger partial charge in [0.05, 0.1) is 63.6 Å². The molecule has 0 aliphatic carbocycles. The van der Waals surface area contributed by atoms with Crippen molar-refractivity contribution < 1.29 is 341 Å². The molecule has 31 heteroatoms. The Morgan fingerprint density at radius 2 is 1.13 bits per heavy atom. The number of anilines is 1. The molecule has 2 aromatic carbocycles. The molecule has 0 saturated heterocycles. The molecule has 2 heterocycles. The molecule has 62 heavy (non-hydrogen) atoms. The fraction of sp³-hybridized carbons (Fsp3) is 0.452. The third kappa shape index (κ3) is 17.8. The standard InChI is InChI=1S/C31H40N2O18S6.5K/c1-30(2)24(32(16-5-7-18-53(35,36)37)28-20(52-51-50-34)12-13-21(26(28)30)55(41,42)43)10-9-11-25-31(3,4)27-22(56(44,45)46)14-15-23(57(47,48)49)29(27)33(25)17-6-8-19-54(38,39)40;;;;;/h9-15H,5-8,16-19H2,1-4H3,(H5-,34,35,36,37,38,39,40,41,42,43,44,45,46,47,48,49);;;;;/q;5*+1/p-5. The van der Waals surface area contributed by atoms with E-state index in [-0.39, 0.29) is 329 Å². The van der Waals surface area contributed by atoms with Crippen LogP contribution in [-0.2, 0) is 70.8 Å². The average Bonchev–Trinajstić information content (AvgIpc) is 3.40. The maximum absolute atomic E-state index is 12.5. The van der Waals surface area contributed by atoms with E-state index in [1.54, 1.807) is 0 Å². The number of allylic oxidation sites excluding steroid dienone is 4. The Labute approximate surface area is 579 Å². The molecule has 2 aliphatic rings. The van der Waals surface area contributed by atoms with E-state index in [1.165, 1.54) is 61.5 Å². The van der Waals surface area contributed by atoms with Crippen LogP contribution < -0.4 is 267 Å². The van der Waals surface area contributed by atoms with Crippen LogP contribution >= 0.6 is 12.0 Å². The normalized spacial score (nSPS) is 16.4. The molecule has 0 aromatic heterocycles. The van der Waals surface area contributed by atoms with E-state index in [0.29, 0.717) is 24.2 Å². The quantitative estimate of drug-likeness (QED) is 0.0254. The molecule has 0 unspecified atom stereocenters. The Morgan fingerprint density at radius 1 is 0.661 bits per heavy atom. The first-order valence-electron chi connectivity index (χ1n) is 16.5. The van der Waals surface area contributed by atoms with Gasteiger partial charge in [0, 0.05) is 47.2 Å². The van der Waals surface area contributed by atoms with Crippen LogP contribution in [0.3, 0.4) is 0 Å². The topological polar surface area (TPSA) is 334 Å². The van der Waals surface area contributed by atoms with Crippen molar-refractivity contribution >= 4 is 79.7 Å². The molecule has 0 fully saturated rings. The first-order valence-corrected chi connectivity index (χ1v) is 24.6. The first kappa shape index (κ1) is 69.4. The third-order valence-electron chi connectivity index (χ3n) is 9.38. The van der Waals surface area contributed by atoms with Gasteiger partial charge in [-0.05, 0) is 63.5 Å². The summed E-state index contributed by atoms with van der Waals surface area (Å²) in [6, 6.07) is 3.52. The summed E-state index contributed by atoms with van der Waals surface area (Å²) < 4.78 is 186. The minimum absolute atomic E-state index is 0. The number of rotatable bonds is 18. The molecule has 0 spiro atoms. The van der Waals surface area contributed by atoms with E-state index in [1.807, 2.05) is 0 Å². The van der Waals surface area contributed by atoms with E-state index in [0.717, 1.165) is 6.07 Å². The maximum atomic E-state index is 12.5. The van der Waals surface area contributed by atoms with Gasteiger partial charge >= 0.3 is 257 Å². The molecule has 0 amide bonds. The zero-order valence-corrected chi connectivity index (χ0v) is 55.9. The second-order valence-corrected chi connectivity index (χ2v) is 21.8. The SMILES string of the molecule is CC1(C)C(C=C/C=C2/N(CCCCS(=O)(=O)[O-])c3c(SOO[O-])ccc(S(=O)(=O)[O-])c3C2(C)C)=[N+](CCCCS(=O)(=O)[O-])c2c(S(=O)(=O)[O-])ccc(S(=O)(=O)[O-])c21.[K+].[K+].[K+].[K+].[K+]. The number of hydrogen-bond donors (Lipinski definition) is 0. The fourth-order valence-corrected chi connectivity index (χ4v) is 11.1. The van der Waals surface area contributed by atoms with Crippen LogP contribution in [-0.4, -0.2) is 99.7 Å². The smallest absolute Gasteiger partial charge is 0.748 e. The zero-order chi connectivity index (χ0) is 43.2. The van der Waals surface area contributed by atoms with Crippen molar-refractivity contribution in [3.8, 4) is 0 Å². The van der Waals surface area contributed by atoms with Crippen LogP contribution in [0, 0.1) is 0 Å². The molecule has 0 atom stereocenters. The van der Waals surface area contributed by atoms with Crippen molar-refractivity contribution in [3.63, 3.8) is 0 Å². The van der Waals surface area contributed by atoms with E-state index >= 15 is 0 Å². The van der Waals surface area contributed by atoms with Gasteiger partial charge < -0.3 is 32.9 Å². The van der Waals surface area contributed by atoms with Crippen LogP contribution in [0.1, 0.15) is 64.5 Å². The maximum Gasteiger partial charge on any atom is 1.00 e. The molecule has 20 nitrogen and oxygen atoms in total. The average molecular weight is 1110 g/mol. The Kier molecular flexibility index (Phi) is 30.9. The molecule has 0 radical (unpaired) electrons. The van der Waals surface area contributed by atoms with Gasteiger partial charge in [-0.3, -0.25) is 5.04 Å². The van der Waals surface area contributed by atoms with Gasteiger partial charge in [-0.15, -0.1) is 0 Å². The van der Waals surface area contributed by atoms with Crippen molar-refractivity contribution in [3.05, 3.63) is 59.3 Å². The van der Waals surface area contributed by atoms with Gasteiger partial charge in [0.25, 0.3) is 0 Å². The summed E-state index contributed by atoms with van der Waals surface area (Å²) >= 11 is 0.368. The second kappa shape index (κ2) is 27.6. The van der Waals surface area contributed by atoms with Crippen LogP contribution in [0.25, 0.3) is 0 Å². The van der Waals surface area contributed by atoms with E-state index < -0.39 is 93.3 Å². The summed E-state index contributed by atoms with van der Waals surface area (Å²) in [4.78, 5) is -0.818. The third-order valence-corrected chi connectivity index (χ3v) is 14.2. The summed E-state index contributed by atoms with van der Waals surface area (Å²) in [7, 11) is -25.1. The largest absolute Gasteiger partial charge is 1.00 e. The molecule has 0 N–H and O–H groups in total. The Balaban J connectivity index is 0. The van der Waals surface area contributed by atoms with Crippen LogP contribution in [0.4, 0.5) is 11.4 Å². The van der Waals surface area contributed by atoms with Crippen molar-refractivity contribution in [2.24, 2.45) is 0 Å². The van der Waals surface area contributed by atoms with Crippen LogP contribution in [0.2, 0.25) is 0 Å². The van der Waals surface area contributed by atoms with E-state index in [4.69, 9.17) is 0 Å². The Bertz CT molecular complexity index is 2620. The first-order chi connectivity index (χ1) is 25.9. The van der Waals surface area contributed by atoms with Gasteiger partial charge in [-0.1, -0.05) is 19.9 Å². The second-order valence-electron chi connectivity index (χ2n) is 13.9.